The molecule has 0 aliphatic rings. The molecule has 0 saturated heterocycles. The molecule has 3 aromatic rings. The van der Waals surface area contributed by atoms with Gasteiger partial charge in [-0.1, -0.05) is 54.6 Å². The predicted molar refractivity (Wildman–Crippen MR) is 124 cm³/mol. The fraction of sp³-hybridized carbons (Fsp3) is 0.167. The third-order valence-electron chi connectivity index (χ3n) is 4.81. The van der Waals surface area contributed by atoms with Crippen molar-refractivity contribution >= 4 is 24.9 Å². The van der Waals surface area contributed by atoms with E-state index in [4.69, 9.17) is 4.74 Å². The van der Waals surface area contributed by atoms with Crippen LogP contribution in [0.5, 0.6) is 0 Å². The van der Waals surface area contributed by atoms with Gasteiger partial charge in [0.2, 0.25) is 0 Å². The fourth-order valence-corrected chi connectivity index (χ4v) is 3.16. The number of amides is 1. The number of rotatable bonds is 9. The number of alkyl carbamates (subject to hydrolysis) is 1. The van der Waals surface area contributed by atoms with Gasteiger partial charge in [-0.15, -0.1) is 0 Å². The standard InChI is InChI=1S/C24H23BN4O4/c26-16-21(22-17-27-10-11-28-22)14-20-8-4-7-19(13-20)9-12-33-24(30)29-23(25(31)32)15-18-5-2-1-3-6-18/h1-8,10-11,13-14,17,23,31-32H,9,12,15H2,(H,29,30)/t23-/m0/s1. The molecule has 1 aromatic heterocycles. The van der Waals surface area contributed by atoms with Crippen LogP contribution in [0.15, 0.2) is 73.2 Å². The summed E-state index contributed by atoms with van der Waals surface area (Å²) >= 11 is 0. The van der Waals surface area contributed by atoms with Crippen LogP contribution < -0.4 is 5.32 Å². The number of hydrogen-bond donors (Lipinski definition) is 3. The highest BCUT2D eigenvalue weighted by Crippen LogP contribution is 2.16. The van der Waals surface area contributed by atoms with Crippen LogP contribution in [-0.2, 0) is 17.6 Å². The second-order valence-corrected chi connectivity index (χ2v) is 7.25. The number of carbonyl (C=O) groups is 1. The molecular weight excluding hydrogens is 419 g/mol. The highest BCUT2D eigenvalue weighted by molar-refractivity contribution is 6.43. The smallest absolute Gasteiger partial charge is 0.449 e. The third-order valence-corrected chi connectivity index (χ3v) is 4.81. The van der Waals surface area contributed by atoms with Crippen LogP contribution in [0, 0.1) is 11.3 Å². The maximum Gasteiger partial charge on any atom is 0.475 e. The molecular formula is C24H23BN4O4. The molecule has 0 unspecified atom stereocenters. The van der Waals surface area contributed by atoms with E-state index in [0.717, 1.165) is 16.7 Å². The Hall–Kier alpha value is -4.00. The van der Waals surface area contributed by atoms with Crippen molar-refractivity contribution in [2.24, 2.45) is 0 Å². The molecule has 0 radical (unpaired) electrons. The van der Waals surface area contributed by atoms with Crippen LogP contribution in [0.25, 0.3) is 11.6 Å². The number of nitrogens with zero attached hydrogens (tertiary/aromatic N) is 3. The highest BCUT2D eigenvalue weighted by atomic mass is 16.5. The molecule has 1 heterocycles. The summed E-state index contributed by atoms with van der Waals surface area (Å²) in [6.45, 7) is 0.105. The first-order valence-corrected chi connectivity index (χ1v) is 10.4. The minimum atomic E-state index is -1.72. The molecule has 9 heteroatoms. The van der Waals surface area contributed by atoms with Gasteiger partial charge in [-0.05, 0) is 29.2 Å². The van der Waals surface area contributed by atoms with Gasteiger partial charge in [-0.3, -0.25) is 9.97 Å². The van der Waals surface area contributed by atoms with Gasteiger partial charge in [0, 0.05) is 18.8 Å². The summed E-state index contributed by atoms with van der Waals surface area (Å²) in [6, 6.07) is 18.8. The van der Waals surface area contributed by atoms with Gasteiger partial charge in [0.1, 0.15) is 6.07 Å². The summed E-state index contributed by atoms with van der Waals surface area (Å²) in [6.07, 6.45) is 6.30. The first-order valence-electron chi connectivity index (χ1n) is 10.4. The Labute approximate surface area is 192 Å². The first-order chi connectivity index (χ1) is 16.0. The van der Waals surface area contributed by atoms with Gasteiger partial charge in [0.15, 0.2) is 0 Å². The van der Waals surface area contributed by atoms with Crippen LogP contribution in [-0.4, -0.2) is 45.8 Å². The van der Waals surface area contributed by atoms with E-state index in [1.165, 1.54) is 12.4 Å². The number of allylic oxidation sites excluding steroid dienone is 1. The molecule has 3 N–H and O–H groups in total. The lowest BCUT2D eigenvalue weighted by atomic mass is 9.76. The second kappa shape index (κ2) is 12.1. The van der Waals surface area contributed by atoms with E-state index in [-0.39, 0.29) is 13.0 Å². The van der Waals surface area contributed by atoms with Crippen molar-refractivity contribution in [2.45, 2.75) is 18.8 Å². The highest BCUT2D eigenvalue weighted by Gasteiger charge is 2.26. The largest absolute Gasteiger partial charge is 0.475 e. The van der Waals surface area contributed by atoms with Crippen molar-refractivity contribution in [1.82, 2.24) is 15.3 Å². The van der Waals surface area contributed by atoms with Gasteiger partial charge >= 0.3 is 13.2 Å². The number of benzene rings is 2. The number of aromatic nitrogens is 2. The molecule has 0 bridgehead atoms. The summed E-state index contributed by atoms with van der Waals surface area (Å²) in [4.78, 5) is 20.3. The summed E-state index contributed by atoms with van der Waals surface area (Å²) < 4.78 is 5.22. The van der Waals surface area contributed by atoms with Gasteiger partial charge in [-0.2, -0.15) is 5.26 Å². The predicted octanol–water partition coefficient (Wildman–Crippen LogP) is 2.43. The first kappa shape index (κ1) is 23.7. The van der Waals surface area contributed by atoms with E-state index >= 15 is 0 Å². The van der Waals surface area contributed by atoms with E-state index in [0.29, 0.717) is 17.7 Å². The van der Waals surface area contributed by atoms with Crippen LogP contribution in [0.1, 0.15) is 22.4 Å². The minimum absolute atomic E-state index is 0.105. The number of carbonyl (C=O) groups excluding carboxylic acids is 1. The Morgan fingerprint density at radius 1 is 1.15 bits per heavy atom. The maximum absolute atomic E-state index is 12.1. The molecule has 2 aromatic carbocycles. The Morgan fingerprint density at radius 2 is 1.94 bits per heavy atom. The molecule has 1 amide bonds. The number of nitriles is 1. The van der Waals surface area contributed by atoms with Gasteiger partial charge in [0.25, 0.3) is 0 Å². The van der Waals surface area contributed by atoms with Gasteiger partial charge in [0.05, 0.1) is 30.0 Å². The monoisotopic (exact) mass is 442 g/mol. The van der Waals surface area contributed by atoms with Crippen molar-refractivity contribution in [3.63, 3.8) is 0 Å². The van der Waals surface area contributed by atoms with Crippen LogP contribution in [0.4, 0.5) is 4.79 Å². The van der Waals surface area contributed by atoms with Gasteiger partial charge < -0.3 is 20.1 Å². The third kappa shape index (κ3) is 7.57. The van der Waals surface area contributed by atoms with E-state index in [1.54, 1.807) is 12.3 Å². The van der Waals surface area contributed by atoms with Crippen molar-refractivity contribution in [3.05, 3.63) is 95.6 Å². The Kier molecular flexibility index (Phi) is 8.71. The van der Waals surface area contributed by atoms with Crippen molar-refractivity contribution in [2.75, 3.05) is 6.61 Å². The molecule has 0 aliphatic carbocycles. The SMILES string of the molecule is N#CC(=Cc1cccc(CCOC(=O)N[C@@H](Cc2ccccc2)B(O)O)c1)c1cnccn1. The quantitative estimate of drug-likeness (QED) is 0.343. The lowest BCUT2D eigenvalue weighted by Gasteiger charge is -2.17. The number of ether oxygens (including phenoxy) is 1. The Morgan fingerprint density at radius 3 is 2.64 bits per heavy atom. The zero-order valence-electron chi connectivity index (χ0n) is 17.8. The number of nitrogens with one attached hydrogen (secondary N) is 1. The number of hydrogen-bond acceptors (Lipinski definition) is 7. The fourth-order valence-electron chi connectivity index (χ4n) is 3.16. The van der Waals surface area contributed by atoms with E-state index in [2.05, 4.69) is 21.4 Å². The summed E-state index contributed by atoms with van der Waals surface area (Å²) in [5.74, 6) is -0.890. The van der Waals surface area contributed by atoms with E-state index < -0.39 is 19.2 Å². The molecule has 1 atom stereocenters. The molecule has 0 fully saturated rings. The molecule has 166 valence electrons. The lowest BCUT2D eigenvalue weighted by molar-refractivity contribution is 0.144. The maximum atomic E-state index is 12.1. The molecule has 33 heavy (non-hydrogen) atoms. The van der Waals surface area contributed by atoms with Crippen molar-refractivity contribution < 1.29 is 19.6 Å². The van der Waals surface area contributed by atoms with Crippen molar-refractivity contribution in [3.8, 4) is 6.07 Å². The van der Waals surface area contributed by atoms with Crippen LogP contribution in [0.3, 0.4) is 0 Å². The second-order valence-electron chi connectivity index (χ2n) is 7.25. The summed E-state index contributed by atoms with van der Waals surface area (Å²) in [7, 11) is -1.72. The topological polar surface area (TPSA) is 128 Å². The average Bonchev–Trinajstić information content (AvgIpc) is 2.83. The summed E-state index contributed by atoms with van der Waals surface area (Å²) in [5.41, 5.74) is 3.46. The lowest BCUT2D eigenvalue weighted by Crippen LogP contribution is -2.48. The molecule has 0 spiro atoms. The van der Waals surface area contributed by atoms with E-state index in [1.807, 2.05) is 54.6 Å². The molecule has 8 nitrogen and oxygen atoms in total. The molecule has 0 aliphatic heterocycles. The van der Waals surface area contributed by atoms with Crippen LogP contribution >= 0.6 is 0 Å². The Bertz CT molecular complexity index is 1120. The molecule has 0 saturated carbocycles. The average molecular weight is 442 g/mol. The zero-order chi connectivity index (χ0) is 23.5. The Balaban J connectivity index is 1.54. The van der Waals surface area contributed by atoms with E-state index in [9.17, 15) is 20.1 Å². The summed E-state index contributed by atoms with van der Waals surface area (Å²) in [5, 5.41) is 31.1. The normalized spacial score (nSPS) is 11.8. The van der Waals surface area contributed by atoms with Crippen LogP contribution in [0.2, 0.25) is 0 Å². The zero-order valence-corrected chi connectivity index (χ0v) is 17.8. The van der Waals surface area contributed by atoms with Crippen molar-refractivity contribution in [1.29, 1.82) is 5.26 Å². The molecule has 3 rings (SSSR count). The van der Waals surface area contributed by atoms with Gasteiger partial charge in [-0.25, -0.2) is 4.79 Å². The minimum Gasteiger partial charge on any atom is -0.449 e.